The van der Waals surface area contributed by atoms with Crippen molar-refractivity contribution >= 4 is 33.2 Å². The van der Waals surface area contributed by atoms with Crippen molar-refractivity contribution in [1.82, 2.24) is 0 Å². The summed E-state index contributed by atoms with van der Waals surface area (Å²) in [5.74, 6) is 0.260. The zero-order valence-corrected chi connectivity index (χ0v) is 17.7. The van der Waals surface area contributed by atoms with E-state index in [1.807, 2.05) is 30.3 Å². The second kappa shape index (κ2) is 9.89. The second-order valence-corrected chi connectivity index (χ2v) is 7.24. The predicted molar refractivity (Wildman–Crippen MR) is 117 cm³/mol. The van der Waals surface area contributed by atoms with E-state index in [0.29, 0.717) is 34.6 Å². The molecule has 0 aliphatic carbocycles. The van der Waals surface area contributed by atoms with E-state index < -0.39 is 10.8 Å². The van der Waals surface area contributed by atoms with Gasteiger partial charge in [-0.15, -0.1) is 0 Å². The number of nitrogens with one attached hydrogen (secondary N) is 1. The summed E-state index contributed by atoms with van der Waals surface area (Å²) in [4.78, 5) is 23.5. The first-order valence-corrected chi connectivity index (χ1v) is 9.87. The molecule has 0 fully saturated rings. The average molecular weight is 471 g/mol. The van der Waals surface area contributed by atoms with Crippen LogP contribution in [0.1, 0.15) is 15.9 Å². The molecule has 30 heavy (non-hydrogen) atoms. The highest BCUT2D eigenvalue weighted by Crippen LogP contribution is 2.31. The summed E-state index contributed by atoms with van der Waals surface area (Å²) in [6, 6.07) is 19.0. The quantitative estimate of drug-likeness (QED) is 0.359. The summed E-state index contributed by atoms with van der Waals surface area (Å²) >= 11 is 3.36. The normalized spacial score (nSPS) is 10.3. The first-order chi connectivity index (χ1) is 14.5. The van der Waals surface area contributed by atoms with Gasteiger partial charge in [-0.25, -0.2) is 0 Å². The highest BCUT2D eigenvalue weighted by molar-refractivity contribution is 9.10. The van der Waals surface area contributed by atoms with E-state index in [1.165, 1.54) is 25.3 Å². The van der Waals surface area contributed by atoms with Crippen LogP contribution in [0.4, 0.5) is 11.4 Å². The smallest absolute Gasteiger partial charge is 0.271 e. The summed E-state index contributed by atoms with van der Waals surface area (Å²) in [5, 5.41) is 13.7. The molecule has 1 amide bonds. The van der Waals surface area contributed by atoms with E-state index >= 15 is 0 Å². The number of carbonyl (C=O) groups is 1. The van der Waals surface area contributed by atoms with Gasteiger partial charge in [-0.2, -0.15) is 0 Å². The number of non-ortho nitro benzene ring substituents is 1. The maximum Gasteiger partial charge on any atom is 0.271 e. The minimum absolute atomic E-state index is 0.153. The van der Waals surface area contributed by atoms with Crippen molar-refractivity contribution in [2.24, 2.45) is 0 Å². The van der Waals surface area contributed by atoms with Crippen LogP contribution < -0.4 is 14.8 Å². The number of hydrogen-bond donors (Lipinski definition) is 1. The Morgan fingerprint density at radius 1 is 1.07 bits per heavy atom. The molecule has 0 aromatic heterocycles. The number of methoxy groups -OCH3 is 1. The Bertz CT molecular complexity index is 1060. The first kappa shape index (κ1) is 21.3. The van der Waals surface area contributed by atoms with E-state index in [2.05, 4.69) is 21.2 Å². The fraction of sp³-hybridized carbons (Fsp3) is 0.136. The van der Waals surface area contributed by atoms with E-state index in [-0.39, 0.29) is 11.4 Å². The molecule has 3 aromatic rings. The average Bonchev–Trinajstić information content (AvgIpc) is 2.75. The number of halogens is 1. The van der Waals surface area contributed by atoms with E-state index in [0.717, 1.165) is 5.56 Å². The third-order valence-electron chi connectivity index (χ3n) is 4.32. The lowest BCUT2D eigenvalue weighted by molar-refractivity contribution is -0.384. The molecule has 3 aromatic carbocycles. The number of nitrogens with zero attached hydrogens (tertiary/aromatic N) is 1. The monoisotopic (exact) mass is 470 g/mol. The standard InChI is InChI=1S/C22H19BrN2O5/c1-29-21-10-8-17(25(27)28)14-19(21)24-22(26)18-13-16(23)7-9-20(18)30-12-11-15-5-3-2-4-6-15/h2-10,13-14H,11-12H2,1H3,(H,24,26). The molecule has 7 nitrogen and oxygen atoms in total. The van der Waals surface area contributed by atoms with Crippen LogP contribution in [0.5, 0.6) is 11.5 Å². The van der Waals surface area contributed by atoms with Gasteiger partial charge >= 0.3 is 0 Å². The van der Waals surface area contributed by atoms with Gasteiger partial charge in [-0.3, -0.25) is 14.9 Å². The number of amides is 1. The molecule has 0 heterocycles. The van der Waals surface area contributed by atoms with Crippen molar-refractivity contribution in [2.75, 3.05) is 19.0 Å². The van der Waals surface area contributed by atoms with Crippen LogP contribution in [0.25, 0.3) is 0 Å². The molecule has 154 valence electrons. The van der Waals surface area contributed by atoms with Crippen molar-refractivity contribution in [3.05, 3.63) is 92.4 Å². The Balaban J connectivity index is 1.79. The van der Waals surface area contributed by atoms with E-state index in [4.69, 9.17) is 9.47 Å². The van der Waals surface area contributed by atoms with Gasteiger partial charge in [0.2, 0.25) is 0 Å². The van der Waals surface area contributed by atoms with Crippen LogP contribution in [0.15, 0.2) is 71.2 Å². The van der Waals surface area contributed by atoms with E-state index in [1.54, 1.807) is 18.2 Å². The Labute approximate surface area is 181 Å². The molecule has 0 saturated carbocycles. The Morgan fingerprint density at radius 3 is 2.50 bits per heavy atom. The van der Waals surface area contributed by atoms with E-state index in [9.17, 15) is 14.9 Å². The number of nitro groups is 1. The van der Waals surface area contributed by atoms with Crippen LogP contribution in [-0.4, -0.2) is 24.5 Å². The molecular weight excluding hydrogens is 452 g/mol. The molecule has 0 atom stereocenters. The summed E-state index contributed by atoms with van der Waals surface area (Å²) < 4.78 is 11.8. The SMILES string of the molecule is COc1ccc([N+](=O)[O-])cc1NC(=O)c1cc(Br)ccc1OCCc1ccccc1. The molecule has 8 heteroatoms. The number of carbonyl (C=O) groups excluding carboxylic acids is 1. The van der Waals surface area contributed by atoms with Gasteiger partial charge in [0.05, 0.1) is 29.9 Å². The summed E-state index contributed by atoms with van der Waals surface area (Å²) in [5.41, 5.74) is 1.47. The number of ether oxygens (including phenoxy) is 2. The van der Waals surface area contributed by atoms with Crippen LogP contribution in [-0.2, 0) is 6.42 Å². The Kier molecular flexibility index (Phi) is 7.03. The molecule has 0 radical (unpaired) electrons. The number of nitro benzene ring substituents is 1. The minimum atomic E-state index is -0.535. The zero-order chi connectivity index (χ0) is 21.5. The van der Waals surface area contributed by atoms with Gasteiger partial charge in [-0.1, -0.05) is 46.3 Å². The topological polar surface area (TPSA) is 90.7 Å². The van der Waals surface area contributed by atoms with Gasteiger partial charge in [0.1, 0.15) is 11.5 Å². The van der Waals surface area contributed by atoms with Gasteiger partial charge in [-0.05, 0) is 29.8 Å². The molecule has 3 rings (SSSR count). The van der Waals surface area contributed by atoms with Gasteiger partial charge in [0.15, 0.2) is 0 Å². The van der Waals surface area contributed by atoms with Crippen molar-refractivity contribution in [1.29, 1.82) is 0 Å². The lowest BCUT2D eigenvalue weighted by Gasteiger charge is -2.14. The summed E-state index contributed by atoms with van der Waals surface area (Å²) in [7, 11) is 1.42. The summed E-state index contributed by atoms with van der Waals surface area (Å²) in [6.45, 7) is 0.395. The number of anilines is 1. The van der Waals surface area contributed by atoms with Crippen LogP contribution in [0, 0.1) is 10.1 Å². The number of hydrogen-bond acceptors (Lipinski definition) is 5. The molecule has 0 spiro atoms. The largest absolute Gasteiger partial charge is 0.495 e. The molecule has 0 bridgehead atoms. The minimum Gasteiger partial charge on any atom is -0.495 e. The predicted octanol–water partition coefficient (Wildman–Crippen LogP) is 5.24. The lowest BCUT2D eigenvalue weighted by atomic mass is 10.1. The number of rotatable bonds is 8. The molecule has 0 saturated heterocycles. The highest BCUT2D eigenvalue weighted by Gasteiger charge is 2.18. The van der Waals surface area contributed by atoms with Crippen molar-refractivity contribution < 1.29 is 19.2 Å². The maximum absolute atomic E-state index is 12.9. The Hall–Kier alpha value is -3.39. The zero-order valence-electron chi connectivity index (χ0n) is 16.1. The number of benzene rings is 3. The molecule has 1 N–H and O–H groups in total. The fourth-order valence-corrected chi connectivity index (χ4v) is 3.19. The third kappa shape index (κ3) is 5.36. The highest BCUT2D eigenvalue weighted by atomic mass is 79.9. The molecular formula is C22H19BrN2O5. The first-order valence-electron chi connectivity index (χ1n) is 9.08. The maximum atomic E-state index is 12.9. The molecule has 0 aliphatic rings. The van der Waals surface area contributed by atoms with Gasteiger partial charge in [0.25, 0.3) is 11.6 Å². The lowest BCUT2D eigenvalue weighted by Crippen LogP contribution is -2.15. The van der Waals surface area contributed by atoms with Crippen LogP contribution in [0.2, 0.25) is 0 Å². The molecule has 0 unspecified atom stereocenters. The van der Waals surface area contributed by atoms with Crippen LogP contribution in [0.3, 0.4) is 0 Å². The van der Waals surface area contributed by atoms with Gasteiger partial charge in [0, 0.05) is 23.0 Å². The second-order valence-electron chi connectivity index (χ2n) is 6.32. The van der Waals surface area contributed by atoms with Gasteiger partial charge < -0.3 is 14.8 Å². The summed E-state index contributed by atoms with van der Waals surface area (Å²) in [6.07, 6.45) is 0.691. The Morgan fingerprint density at radius 2 is 1.80 bits per heavy atom. The molecule has 0 aliphatic heterocycles. The van der Waals surface area contributed by atoms with Crippen molar-refractivity contribution in [3.63, 3.8) is 0 Å². The van der Waals surface area contributed by atoms with Crippen molar-refractivity contribution in [2.45, 2.75) is 6.42 Å². The fourth-order valence-electron chi connectivity index (χ4n) is 2.83. The third-order valence-corrected chi connectivity index (χ3v) is 4.81. The van der Waals surface area contributed by atoms with Crippen LogP contribution >= 0.6 is 15.9 Å². The van der Waals surface area contributed by atoms with Crippen molar-refractivity contribution in [3.8, 4) is 11.5 Å².